The van der Waals surface area contributed by atoms with Gasteiger partial charge in [0.25, 0.3) is 0 Å². The Morgan fingerprint density at radius 3 is 2.18 bits per heavy atom. The summed E-state index contributed by atoms with van der Waals surface area (Å²) in [5.41, 5.74) is 2.85. The minimum Gasteiger partial charge on any atom is -0.201 e. The van der Waals surface area contributed by atoms with Crippen molar-refractivity contribution < 1.29 is 4.57 Å². The molecule has 90 valence electrons. The van der Waals surface area contributed by atoms with E-state index in [-0.39, 0.29) is 0 Å². The molecule has 1 aromatic carbocycles. The average Bonchev–Trinajstić information content (AvgIpc) is 2.27. The van der Waals surface area contributed by atoms with E-state index < -0.39 is 0 Å². The van der Waals surface area contributed by atoms with Gasteiger partial charge in [-0.1, -0.05) is 45.9 Å². The molecule has 0 N–H and O–H groups in total. The van der Waals surface area contributed by atoms with E-state index in [1.165, 1.54) is 22.2 Å². The van der Waals surface area contributed by atoms with Crippen molar-refractivity contribution in [2.45, 2.75) is 39.5 Å². The Morgan fingerprint density at radius 1 is 0.941 bits per heavy atom. The van der Waals surface area contributed by atoms with Gasteiger partial charge in [-0.25, -0.2) is 4.57 Å². The quantitative estimate of drug-likeness (QED) is 0.686. The number of rotatable bonds is 2. The Hall–Kier alpha value is -1.37. The molecule has 0 aliphatic carbocycles. The lowest BCUT2D eigenvalue weighted by atomic mass is 9.98. The first-order valence-corrected chi connectivity index (χ1v) is 6.44. The predicted octanol–water partition coefficient (Wildman–Crippen LogP) is 3.91. The second kappa shape index (κ2) is 4.48. The Labute approximate surface area is 104 Å². The summed E-state index contributed by atoms with van der Waals surface area (Å²) in [6.07, 6.45) is 0. The smallest absolute Gasteiger partial charge is 0.191 e. The summed E-state index contributed by atoms with van der Waals surface area (Å²) < 4.78 is 2.37. The predicted molar refractivity (Wildman–Crippen MR) is 73.3 cm³/mol. The largest absolute Gasteiger partial charge is 0.201 e. The molecule has 0 saturated carbocycles. The number of fused-ring (bicyclic) bond motifs is 1. The third kappa shape index (κ3) is 2.06. The summed E-state index contributed by atoms with van der Waals surface area (Å²) in [6.45, 7) is 9.06. The Kier molecular flexibility index (Phi) is 3.19. The zero-order chi connectivity index (χ0) is 12.6. The van der Waals surface area contributed by atoms with Crippen molar-refractivity contribution in [3.63, 3.8) is 0 Å². The van der Waals surface area contributed by atoms with Crippen LogP contribution in [0.3, 0.4) is 0 Å². The first kappa shape index (κ1) is 12.1. The second-order valence-electron chi connectivity index (χ2n) is 5.41. The van der Waals surface area contributed by atoms with Crippen LogP contribution in [0.25, 0.3) is 10.8 Å². The molecular formula is C16H22N+. The first-order chi connectivity index (χ1) is 8.02. The highest BCUT2D eigenvalue weighted by Gasteiger charge is 2.21. The molecule has 17 heavy (non-hydrogen) atoms. The summed E-state index contributed by atoms with van der Waals surface area (Å²) in [6, 6.07) is 11.0. The molecule has 0 atom stereocenters. The fraction of sp³-hybridized carbons (Fsp3) is 0.438. The topological polar surface area (TPSA) is 3.88 Å². The molecular weight excluding hydrogens is 206 g/mol. The standard InChI is InChI=1S/C16H22N/c1-11(2)15-10-13-8-6-7-9-14(13)16(12(3)4)17(15)5/h6-12H,1-5H3/q+1. The maximum absolute atomic E-state index is 2.37. The van der Waals surface area contributed by atoms with Crippen LogP contribution in [0.4, 0.5) is 0 Å². The van der Waals surface area contributed by atoms with Gasteiger partial charge in [-0.2, -0.15) is 0 Å². The third-order valence-electron chi connectivity index (χ3n) is 3.43. The normalized spacial score (nSPS) is 11.7. The maximum Gasteiger partial charge on any atom is 0.191 e. The van der Waals surface area contributed by atoms with Crippen molar-refractivity contribution in [2.24, 2.45) is 7.05 Å². The van der Waals surface area contributed by atoms with Crippen LogP contribution >= 0.6 is 0 Å². The molecule has 0 fully saturated rings. The van der Waals surface area contributed by atoms with E-state index in [2.05, 4.69) is 69.6 Å². The second-order valence-corrected chi connectivity index (χ2v) is 5.41. The summed E-state index contributed by atoms with van der Waals surface area (Å²) in [7, 11) is 2.19. The van der Waals surface area contributed by atoms with E-state index in [4.69, 9.17) is 0 Å². The van der Waals surface area contributed by atoms with Gasteiger partial charge in [0.05, 0.1) is 0 Å². The third-order valence-corrected chi connectivity index (χ3v) is 3.43. The summed E-state index contributed by atoms with van der Waals surface area (Å²) >= 11 is 0. The minimum atomic E-state index is 0.545. The van der Waals surface area contributed by atoms with Crippen molar-refractivity contribution in [3.05, 3.63) is 41.7 Å². The van der Waals surface area contributed by atoms with Crippen LogP contribution in [0.5, 0.6) is 0 Å². The Bertz CT molecular complexity index is 538. The lowest BCUT2D eigenvalue weighted by Crippen LogP contribution is -2.39. The minimum absolute atomic E-state index is 0.545. The monoisotopic (exact) mass is 228 g/mol. The van der Waals surface area contributed by atoms with Gasteiger partial charge in [-0.15, -0.1) is 0 Å². The fourth-order valence-corrected chi connectivity index (χ4v) is 2.68. The van der Waals surface area contributed by atoms with Gasteiger partial charge in [0.15, 0.2) is 11.4 Å². The van der Waals surface area contributed by atoms with Crippen molar-refractivity contribution in [2.75, 3.05) is 0 Å². The van der Waals surface area contributed by atoms with E-state index in [1.54, 1.807) is 0 Å². The molecule has 0 aliphatic heterocycles. The van der Waals surface area contributed by atoms with Gasteiger partial charge in [0, 0.05) is 23.3 Å². The van der Waals surface area contributed by atoms with Gasteiger partial charge in [0.1, 0.15) is 7.05 Å². The maximum atomic E-state index is 2.37. The fourth-order valence-electron chi connectivity index (χ4n) is 2.68. The molecule has 2 rings (SSSR count). The summed E-state index contributed by atoms with van der Waals surface area (Å²) in [5, 5.41) is 2.74. The van der Waals surface area contributed by atoms with Crippen molar-refractivity contribution >= 4 is 10.8 Å². The summed E-state index contributed by atoms with van der Waals surface area (Å²) in [4.78, 5) is 0. The molecule has 0 unspecified atom stereocenters. The van der Waals surface area contributed by atoms with E-state index >= 15 is 0 Å². The molecule has 1 heterocycles. The summed E-state index contributed by atoms with van der Waals surface area (Å²) in [5.74, 6) is 1.10. The van der Waals surface area contributed by atoms with Crippen LogP contribution in [-0.2, 0) is 7.05 Å². The highest BCUT2D eigenvalue weighted by molar-refractivity contribution is 5.84. The van der Waals surface area contributed by atoms with E-state index in [9.17, 15) is 0 Å². The molecule has 2 aromatic rings. The highest BCUT2D eigenvalue weighted by Crippen LogP contribution is 2.25. The number of pyridine rings is 1. The molecule has 0 aliphatic rings. The van der Waals surface area contributed by atoms with E-state index in [0.29, 0.717) is 11.8 Å². The molecule has 0 saturated heterocycles. The number of hydrogen-bond acceptors (Lipinski definition) is 0. The van der Waals surface area contributed by atoms with Crippen LogP contribution < -0.4 is 4.57 Å². The lowest BCUT2D eigenvalue weighted by Gasteiger charge is -2.13. The average molecular weight is 228 g/mol. The van der Waals surface area contributed by atoms with E-state index in [1.807, 2.05) is 0 Å². The van der Waals surface area contributed by atoms with Crippen LogP contribution in [0.1, 0.15) is 50.9 Å². The number of nitrogens with zero attached hydrogens (tertiary/aromatic N) is 1. The van der Waals surface area contributed by atoms with Gasteiger partial charge >= 0.3 is 0 Å². The van der Waals surface area contributed by atoms with Gasteiger partial charge in [-0.05, 0) is 11.5 Å². The van der Waals surface area contributed by atoms with Crippen LogP contribution in [0.15, 0.2) is 30.3 Å². The van der Waals surface area contributed by atoms with Crippen LogP contribution in [0, 0.1) is 0 Å². The van der Waals surface area contributed by atoms with Crippen molar-refractivity contribution in [1.82, 2.24) is 0 Å². The lowest BCUT2D eigenvalue weighted by molar-refractivity contribution is -0.687. The van der Waals surface area contributed by atoms with Crippen molar-refractivity contribution in [1.29, 1.82) is 0 Å². The van der Waals surface area contributed by atoms with Gasteiger partial charge in [0.2, 0.25) is 0 Å². The van der Waals surface area contributed by atoms with Crippen LogP contribution in [0.2, 0.25) is 0 Å². The number of benzene rings is 1. The first-order valence-electron chi connectivity index (χ1n) is 6.44. The molecule has 0 bridgehead atoms. The molecule has 0 radical (unpaired) electrons. The molecule has 1 nitrogen and oxygen atoms in total. The number of aromatic nitrogens is 1. The SMILES string of the molecule is CC(C)c1cc2ccccc2c(C(C)C)[n+]1C. The molecule has 0 amide bonds. The van der Waals surface area contributed by atoms with Crippen molar-refractivity contribution in [3.8, 4) is 0 Å². The van der Waals surface area contributed by atoms with Gasteiger partial charge < -0.3 is 0 Å². The van der Waals surface area contributed by atoms with Crippen LogP contribution in [-0.4, -0.2) is 0 Å². The molecule has 1 aromatic heterocycles. The number of hydrogen-bond donors (Lipinski definition) is 0. The zero-order valence-corrected chi connectivity index (χ0v) is 11.5. The zero-order valence-electron chi connectivity index (χ0n) is 11.5. The van der Waals surface area contributed by atoms with Gasteiger partial charge in [-0.3, -0.25) is 0 Å². The Balaban J connectivity index is 2.85. The molecule has 0 spiro atoms. The van der Waals surface area contributed by atoms with E-state index in [0.717, 1.165) is 0 Å². The highest BCUT2D eigenvalue weighted by atomic mass is 15.0. The Morgan fingerprint density at radius 2 is 1.59 bits per heavy atom. The molecule has 1 heteroatoms.